The number of hydroxylamine groups is 1. The number of rotatable bonds is 12. The molecule has 39 heavy (non-hydrogen) atoms. The van der Waals surface area contributed by atoms with Crippen molar-refractivity contribution in [3.8, 4) is 5.75 Å². The van der Waals surface area contributed by atoms with E-state index in [1.807, 2.05) is 36.4 Å². The molecule has 8 nitrogen and oxygen atoms in total. The minimum atomic E-state index is -4.11. The summed E-state index contributed by atoms with van der Waals surface area (Å²) in [6, 6.07) is 20.9. The van der Waals surface area contributed by atoms with Crippen LogP contribution < -0.4 is 10.5 Å². The van der Waals surface area contributed by atoms with Gasteiger partial charge >= 0.3 is 0 Å². The van der Waals surface area contributed by atoms with Crippen molar-refractivity contribution in [3.63, 3.8) is 0 Å². The SMILES string of the molecule is COc1ccc(S(=O)(=O)N(C[C@H](O)[C@@H](Cc2ccccc2)c2cccc(C(N)=O)c2C)OC2CCCC2)cc1. The predicted octanol–water partition coefficient (Wildman–Crippen LogP) is 4.35. The van der Waals surface area contributed by atoms with Crippen LogP contribution in [0.3, 0.4) is 0 Å². The first-order valence-electron chi connectivity index (χ1n) is 13.2. The summed E-state index contributed by atoms with van der Waals surface area (Å²) in [5.41, 5.74) is 8.32. The van der Waals surface area contributed by atoms with E-state index >= 15 is 0 Å². The maximum atomic E-state index is 13.8. The van der Waals surface area contributed by atoms with E-state index < -0.39 is 28.0 Å². The Bertz CT molecular complexity index is 1360. The summed E-state index contributed by atoms with van der Waals surface area (Å²) < 4.78 is 33.7. The number of sulfonamides is 1. The van der Waals surface area contributed by atoms with Gasteiger partial charge in [-0.25, -0.2) is 8.42 Å². The molecule has 1 saturated carbocycles. The molecule has 3 aromatic rings. The van der Waals surface area contributed by atoms with E-state index in [0.29, 0.717) is 23.3 Å². The Morgan fingerprint density at radius 1 is 1.03 bits per heavy atom. The molecule has 9 heteroatoms. The summed E-state index contributed by atoms with van der Waals surface area (Å²) in [6.45, 7) is 1.50. The van der Waals surface area contributed by atoms with E-state index in [9.17, 15) is 18.3 Å². The fraction of sp³-hybridized carbons (Fsp3) is 0.367. The van der Waals surface area contributed by atoms with Gasteiger partial charge in [0.05, 0.1) is 30.8 Å². The molecule has 0 aromatic heterocycles. The molecule has 0 unspecified atom stereocenters. The lowest BCUT2D eigenvalue weighted by molar-refractivity contribution is -0.144. The molecule has 0 saturated heterocycles. The number of aliphatic hydroxyl groups is 1. The molecular formula is C30H36N2O6S. The van der Waals surface area contributed by atoms with Gasteiger partial charge in [-0.1, -0.05) is 59.8 Å². The first-order valence-corrected chi connectivity index (χ1v) is 14.6. The lowest BCUT2D eigenvalue weighted by atomic mass is 9.83. The number of primary amides is 1. The number of carbonyl (C=O) groups excluding carboxylic acids is 1. The highest BCUT2D eigenvalue weighted by molar-refractivity contribution is 7.89. The fourth-order valence-corrected chi connectivity index (χ4v) is 6.45. The standard InChI is InChI=1S/C30H36N2O6S/c1-21-26(13-8-14-27(21)30(31)34)28(19-22-9-4-3-5-10-22)29(33)20-32(38-24-11-6-7-12-24)39(35,36)25-17-15-23(37-2)16-18-25/h3-5,8-10,13-18,24,28-29,33H,6-7,11-12,19-20H2,1-2H3,(H2,31,34)/t28-,29-/m0/s1. The van der Waals surface area contributed by atoms with Gasteiger partial charge in [0.15, 0.2) is 0 Å². The second kappa shape index (κ2) is 12.7. The molecule has 0 aliphatic heterocycles. The van der Waals surface area contributed by atoms with Crippen LogP contribution in [0.2, 0.25) is 0 Å². The van der Waals surface area contributed by atoms with Crippen LogP contribution in [0.15, 0.2) is 77.7 Å². The van der Waals surface area contributed by atoms with Crippen molar-refractivity contribution in [1.29, 1.82) is 0 Å². The van der Waals surface area contributed by atoms with Gasteiger partial charge in [0.1, 0.15) is 5.75 Å². The second-order valence-corrected chi connectivity index (χ2v) is 11.8. The number of ether oxygens (including phenoxy) is 1. The van der Waals surface area contributed by atoms with E-state index in [-0.39, 0.29) is 17.5 Å². The zero-order chi connectivity index (χ0) is 28.0. The smallest absolute Gasteiger partial charge is 0.265 e. The molecule has 3 N–H and O–H groups in total. The van der Waals surface area contributed by atoms with E-state index in [1.54, 1.807) is 31.2 Å². The van der Waals surface area contributed by atoms with Crippen molar-refractivity contribution >= 4 is 15.9 Å². The summed E-state index contributed by atoms with van der Waals surface area (Å²) in [7, 11) is -2.60. The monoisotopic (exact) mass is 552 g/mol. The molecule has 1 aliphatic rings. The maximum Gasteiger partial charge on any atom is 0.265 e. The van der Waals surface area contributed by atoms with Gasteiger partial charge in [-0.05, 0) is 73.2 Å². The Morgan fingerprint density at radius 2 is 1.69 bits per heavy atom. The molecule has 208 valence electrons. The molecule has 0 heterocycles. The Labute approximate surface area is 230 Å². The van der Waals surface area contributed by atoms with Crippen LogP contribution >= 0.6 is 0 Å². The van der Waals surface area contributed by atoms with Gasteiger partial charge in [-0.15, -0.1) is 0 Å². The number of aliphatic hydroxyl groups excluding tert-OH is 1. The van der Waals surface area contributed by atoms with E-state index in [2.05, 4.69) is 0 Å². The number of nitrogens with two attached hydrogens (primary N) is 1. The molecule has 3 aromatic carbocycles. The Morgan fingerprint density at radius 3 is 2.31 bits per heavy atom. The molecule has 4 rings (SSSR count). The average molecular weight is 553 g/mol. The molecule has 0 bridgehead atoms. The number of methoxy groups -OCH3 is 1. The summed E-state index contributed by atoms with van der Waals surface area (Å²) in [5.74, 6) is -0.562. The van der Waals surface area contributed by atoms with E-state index in [1.165, 1.54) is 19.2 Å². The zero-order valence-corrected chi connectivity index (χ0v) is 23.1. The van der Waals surface area contributed by atoms with Crippen LogP contribution in [0.1, 0.15) is 58.6 Å². The van der Waals surface area contributed by atoms with Crippen molar-refractivity contribution in [1.82, 2.24) is 4.47 Å². The van der Waals surface area contributed by atoms with Crippen molar-refractivity contribution in [2.45, 2.75) is 62.0 Å². The van der Waals surface area contributed by atoms with Crippen LogP contribution in [0.5, 0.6) is 5.75 Å². The summed E-state index contributed by atoms with van der Waals surface area (Å²) >= 11 is 0. The number of amides is 1. The third-order valence-electron chi connectivity index (χ3n) is 7.33. The van der Waals surface area contributed by atoms with Crippen molar-refractivity contribution < 1.29 is 27.9 Å². The molecule has 1 fully saturated rings. The Hall–Kier alpha value is -3.24. The van der Waals surface area contributed by atoms with Gasteiger partial charge in [-0.2, -0.15) is 0 Å². The summed E-state index contributed by atoms with van der Waals surface area (Å²) in [4.78, 5) is 18.2. The Kier molecular flexibility index (Phi) is 9.40. The third-order valence-corrected chi connectivity index (χ3v) is 8.97. The van der Waals surface area contributed by atoms with Gasteiger partial charge < -0.3 is 15.6 Å². The lowest BCUT2D eigenvalue weighted by Crippen LogP contribution is -2.42. The minimum absolute atomic E-state index is 0.0417. The number of nitrogens with zero attached hydrogens (tertiary/aromatic N) is 1. The van der Waals surface area contributed by atoms with Gasteiger partial charge in [0.2, 0.25) is 5.91 Å². The lowest BCUT2D eigenvalue weighted by Gasteiger charge is -2.31. The summed E-state index contributed by atoms with van der Waals surface area (Å²) in [6.07, 6.45) is 2.43. The quantitative estimate of drug-likeness (QED) is 0.323. The molecule has 0 spiro atoms. The van der Waals surface area contributed by atoms with Crippen LogP contribution in [0, 0.1) is 6.92 Å². The highest BCUT2D eigenvalue weighted by Crippen LogP contribution is 2.32. The topological polar surface area (TPSA) is 119 Å². The van der Waals surface area contributed by atoms with Crippen LogP contribution in [-0.4, -0.2) is 49.8 Å². The van der Waals surface area contributed by atoms with Crippen LogP contribution in [-0.2, 0) is 21.3 Å². The summed E-state index contributed by atoms with van der Waals surface area (Å²) in [5, 5.41) is 11.7. The first kappa shape index (κ1) is 28.8. The number of hydrogen-bond acceptors (Lipinski definition) is 6. The zero-order valence-electron chi connectivity index (χ0n) is 22.3. The largest absolute Gasteiger partial charge is 0.497 e. The minimum Gasteiger partial charge on any atom is -0.497 e. The third kappa shape index (κ3) is 6.86. The van der Waals surface area contributed by atoms with E-state index in [0.717, 1.165) is 41.3 Å². The Balaban J connectivity index is 1.70. The normalized spacial score (nSPS) is 15.8. The number of hydrogen-bond donors (Lipinski definition) is 2. The van der Waals surface area contributed by atoms with E-state index in [4.69, 9.17) is 15.3 Å². The van der Waals surface area contributed by atoms with Crippen LogP contribution in [0.4, 0.5) is 0 Å². The highest BCUT2D eigenvalue weighted by Gasteiger charge is 2.35. The van der Waals surface area contributed by atoms with Gasteiger partial charge in [-0.3, -0.25) is 9.63 Å². The van der Waals surface area contributed by atoms with Crippen molar-refractivity contribution in [3.05, 3.63) is 95.1 Å². The molecule has 1 amide bonds. The number of benzene rings is 3. The molecule has 2 atom stereocenters. The van der Waals surface area contributed by atoms with Crippen molar-refractivity contribution in [2.24, 2.45) is 5.73 Å². The van der Waals surface area contributed by atoms with Crippen LogP contribution in [0.25, 0.3) is 0 Å². The van der Waals surface area contributed by atoms with Crippen molar-refractivity contribution in [2.75, 3.05) is 13.7 Å². The first-order chi connectivity index (χ1) is 18.7. The molecule has 0 radical (unpaired) electrons. The fourth-order valence-electron chi connectivity index (χ4n) is 5.15. The maximum absolute atomic E-state index is 13.8. The van der Waals surface area contributed by atoms with Gasteiger partial charge in [0.25, 0.3) is 10.0 Å². The predicted molar refractivity (Wildman–Crippen MR) is 149 cm³/mol. The molecular weight excluding hydrogens is 516 g/mol. The molecule has 1 aliphatic carbocycles. The highest BCUT2D eigenvalue weighted by atomic mass is 32.2. The average Bonchev–Trinajstić information content (AvgIpc) is 3.45. The van der Waals surface area contributed by atoms with Gasteiger partial charge in [0, 0.05) is 11.5 Å². The number of carbonyl (C=O) groups is 1. The second-order valence-electron chi connectivity index (χ2n) is 9.93.